The summed E-state index contributed by atoms with van der Waals surface area (Å²) < 4.78 is 6.00. The number of nitrogens with zero attached hydrogens (tertiary/aromatic N) is 3. The summed E-state index contributed by atoms with van der Waals surface area (Å²) in [5.74, 6) is -0.557. The molecule has 0 saturated heterocycles. The van der Waals surface area contributed by atoms with Crippen LogP contribution in [0.3, 0.4) is 0 Å². The number of aliphatic hydroxyl groups excluding tert-OH is 1. The number of hydrogen-bond acceptors (Lipinski definition) is 9. The van der Waals surface area contributed by atoms with Crippen LogP contribution in [0.1, 0.15) is 69.1 Å². The van der Waals surface area contributed by atoms with Crippen LogP contribution in [0, 0.1) is 5.41 Å². The number of aromatic amines is 1. The molecule has 0 bridgehead atoms. The predicted molar refractivity (Wildman–Crippen MR) is 174 cm³/mol. The first-order valence-electron chi connectivity index (χ1n) is 14.9. The number of amides is 2. The van der Waals surface area contributed by atoms with Crippen LogP contribution in [-0.2, 0) is 22.4 Å². The van der Waals surface area contributed by atoms with Gasteiger partial charge in [0.2, 0.25) is 23.6 Å². The minimum Gasteiger partial charge on any atom is -0.513 e. The van der Waals surface area contributed by atoms with Crippen LogP contribution >= 0.6 is 0 Å². The average molecular weight is 633 g/mol. The molecular weight excluding hydrogens is 588 g/mol. The van der Waals surface area contributed by atoms with Gasteiger partial charge in [-0.25, -0.2) is 4.98 Å². The van der Waals surface area contributed by atoms with E-state index in [1.165, 1.54) is 6.33 Å². The van der Waals surface area contributed by atoms with Crippen molar-refractivity contribution in [3.8, 4) is 0 Å². The molecule has 0 radical (unpaired) electrons. The topological polar surface area (TPSA) is 234 Å². The van der Waals surface area contributed by atoms with E-state index in [1.54, 1.807) is 33.0 Å². The molecular formula is C32H44N10O4. The van der Waals surface area contributed by atoms with Crippen LogP contribution in [0.5, 0.6) is 0 Å². The number of nitrogens with one attached hydrogen (secondary N) is 5. The first-order chi connectivity index (χ1) is 21.9. The van der Waals surface area contributed by atoms with Crippen molar-refractivity contribution in [3.63, 3.8) is 0 Å². The van der Waals surface area contributed by atoms with Crippen LogP contribution in [0.15, 0.2) is 82.4 Å². The van der Waals surface area contributed by atoms with Gasteiger partial charge in [0.05, 0.1) is 30.2 Å². The van der Waals surface area contributed by atoms with Crippen LogP contribution in [0.25, 0.3) is 0 Å². The van der Waals surface area contributed by atoms with Gasteiger partial charge in [0.25, 0.3) is 0 Å². The van der Waals surface area contributed by atoms with E-state index in [4.69, 9.17) is 21.3 Å². The zero-order valence-corrected chi connectivity index (χ0v) is 26.5. The van der Waals surface area contributed by atoms with Crippen molar-refractivity contribution in [2.45, 2.75) is 71.0 Å². The molecule has 14 heteroatoms. The Kier molecular flexibility index (Phi) is 13.3. The second-order valence-electron chi connectivity index (χ2n) is 11.1. The third kappa shape index (κ3) is 11.4. The molecule has 0 unspecified atom stereocenters. The fraction of sp³-hybridized carbons (Fsp3) is 0.375. The maximum absolute atomic E-state index is 14.0. The van der Waals surface area contributed by atoms with Crippen molar-refractivity contribution < 1.29 is 19.1 Å². The van der Waals surface area contributed by atoms with Gasteiger partial charge in [-0.2, -0.15) is 0 Å². The highest BCUT2D eigenvalue weighted by molar-refractivity contribution is 5.90. The fourth-order valence-corrected chi connectivity index (χ4v) is 4.77. The molecule has 2 aromatic heterocycles. The van der Waals surface area contributed by atoms with Crippen molar-refractivity contribution in [3.05, 3.63) is 101 Å². The summed E-state index contributed by atoms with van der Waals surface area (Å²) >= 11 is 0. The molecule has 0 spiro atoms. The molecule has 0 aliphatic carbocycles. The number of carbonyl (C=O) groups excluding carboxylic acids is 2. The lowest BCUT2D eigenvalue weighted by atomic mass is 9.94. The molecule has 3 aromatic rings. The smallest absolute Gasteiger partial charge is 0.243 e. The number of hydrogen-bond donors (Lipinski definition) is 8. The Balaban J connectivity index is 1.88. The van der Waals surface area contributed by atoms with Gasteiger partial charge in [0, 0.05) is 25.6 Å². The van der Waals surface area contributed by atoms with E-state index < -0.39 is 29.9 Å². The quantitative estimate of drug-likeness (QED) is 0.0356. The Bertz CT molecular complexity index is 1520. The Labute approximate surface area is 268 Å². The molecule has 3 rings (SSSR count). The van der Waals surface area contributed by atoms with Crippen molar-refractivity contribution in [1.29, 1.82) is 5.41 Å². The molecule has 0 aliphatic rings. The first-order valence-corrected chi connectivity index (χ1v) is 14.9. The summed E-state index contributed by atoms with van der Waals surface area (Å²) in [4.78, 5) is 34.4. The molecule has 10 N–H and O–H groups in total. The molecule has 0 fully saturated rings. The summed E-state index contributed by atoms with van der Waals surface area (Å²) in [7, 11) is 0. The van der Waals surface area contributed by atoms with Crippen LogP contribution in [-0.4, -0.2) is 61.7 Å². The highest BCUT2D eigenvalue weighted by Crippen LogP contribution is 2.23. The van der Waals surface area contributed by atoms with E-state index in [-0.39, 0.29) is 30.5 Å². The molecule has 14 nitrogen and oxygen atoms in total. The van der Waals surface area contributed by atoms with Gasteiger partial charge in [-0.1, -0.05) is 42.5 Å². The highest BCUT2D eigenvalue weighted by atomic mass is 16.4. The Morgan fingerprint density at radius 3 is 2.52 bits per heavy atom. The third-order valence-corrected chi connectivity index (χ3v) is 7.07. The third-order valence-electron chi connectivity index (χ3n) is 7.07. The molecule has 0 aliphatic heterocycles. The summed E-state index contributed by atoms with van der Waals surface area (Å²) in [6, 6.07) is 6.90. The molecule has 246 valence electrons. The largest absolute Gasteiger partial charge is 0.513 e. The number of H-pyrrole nitrogens is 1. The summed E-state index contributed by atoms with van der Waals surface area (Å²) in [5, 5.41) is 34.0. The minimum atomic E-state index is -1.07. The van der Waals surface area contributed by atoms with Crippen LogP contribution in [0.2, 0.25) is 0 Å². The lowest BCUT2D eigenvalue weighted by Gasteiger charge is -2.25. The molecule has 2 amide bonds. The second-order valence-corrected chi connectivity index (χ2v) is 11.1. The normalized spacial score (nSPS) is 14.0. The molecule has 46 heavy (non-hydrogen) atoms. The summed E-state index contributed by atoms with van der Waals surface area (Å²) in [6.07, 6.45) is 6.30. The lowest BCUT2D eigenvalue weighted by Crippen LogP contribution is -2.52. The van der Waals surface area contributed by atoms with Gasteiger partial charge in [-0.3, -0.25) is 15.0 Å². The Morgan fingerprint density at radius 1 is 1.15 bits per heavy atom. The summed E-state index contributed by atoms with van der Waals surface area (Å²) in [6.45, 7) is 9.55. The summed E-state index contributed by atoms with van der Waals surface area (Å²) in [5.41, 5.74) is 15.2. The predicted octanol–water partition coefficient (Wildman–Crippen LogP) is 2.60. The number of allylic oxidation sites excluding steroid dienone is 4. The number of imidazole rings is 1. The maximum Gasteiger partial charge on any atom is 0.243 e. The monoisotopic (exact) mass is 632 g/mol. The average Bonchev–Trinajstić information content (AvgIpc) is 3.69. The van der Waals surface area contributed by atoms with Crippen molar-refractivity contribution in [2.24, 2.45) is 11.5 Å². The van der Waals surface area contributed by atoms with Crippen LogP contribution in [0.4, 0.5) is 0 Å². The number of aromatic nitrogens is 4. The minimum absolute atomic E-state index is 0.0688. The number of rotatable bonds is 17. The first kappa shape index (κ1) is 35.2. The van der Waals surface area contributed by atoms with Crippen molar-refractivity contribution in [2.75, 3.05) is 6.54 Å². The van der Waals surface area contributed by atoms with Gasteiger partial charge < -0.3 is 41.9 Å². The van der Waals surface area contributed by atoms with Gasteiger partial charge in [-0.05, 0) is 56.4 Å². The van der Waals surface area contributed by atoms with E-state index in [0.717, 1.165) is 5.56 Å². The van der Waals surface area contributed by atoms with Gasteiger partial charge in [0.15, 0.2) is 5.96 Å². The number of guanidine groups is 1. The molecule has 0 saturated carbocycles. The van der Waals surface area contributed by atoms with E-state index in [9.17, 15) is 14.7 Å². The number of nitrogens with two attached hydrogens (primary N) is 2. The van der Waals surface area contributed by atoms with E-state index in [1.807, 2.05) is 30.3 Å². The number of carbonyl (C=O) groups is 2. The van der Waals surface area contributed by atoms with E-state index >= 15 is 0 Å². The van der Waals surface area contributed by atoms with Crippen LogP contribution < -0.4 is 27.4 Å². The molecule has 1 aromatic carbocycles. The molecule has 2 heterocycles. The van der Waals surface area contributed by atoms with Gasteiger partial charge in [0.1, 0.15) is 12.1 Å². The van der Waals surface area contributed by atoms with E-state index in [0.29, 0.717) is 54.1 Å². The Morgan fingerprint density at radius 2 is 1.89 bits per heavy atom. The van der Waals surface area contributed by atoms with Crippen molar-refractivity contribution >= 4 is 17.8 Å². The highest BCUT2D eigenvalue weighted by Gasteiger charge is 2.30. The zero-order valence-electron chi connectivity index (χ0n) is 26.5. The second kappa shape index (κ2) is 17.3. The fourth-order valence-electron chi connectivity index (χ4n) is 4.77. The lowest BCUT2D eigenvalue weighted by molar-refractivity contribution is -0.130. The number of aliphatic hydroxyl groups is 1. The SMILES string of the molecule is C=C(C)/C(C[C@H](NC(=O)[C@H](N)CCCNC(=N)N)C(=O)N[C@@H](Cc1c[nH]cn1)c1nnc(Cc2ccccc2)o1)=C(C)\C=C(/C)O. The van der Waals surface area contributed by atoms with Crippen molar-refractivity contribution in [1.82, 2.24) is 36.1 Å². The molecule has 3 atom stereocenters. The number of benzene rings is 1. The zero-order chi connectivity index (χ0) is 33.6. The standard InChI is InChI=1S/C32H44N10O4/c1-19(2)24(20(3)13-21(4)43)16-26(39-29(44)25(33)11-8-12-37-32(34)35)30(45)40-27(15-23-17-36-18-38-23)31-42-41-28(46-31)14-22-9-6-5-7-10-22/h5-7,9-10,13,17-18,25-27,43H,1,8,11-12,14-16,33H2,2-4H3,(H,36,38)(H,39,44)(H,40,45)(H4,34,35,37)/b21-13+,24-20-/t25-,26+,27+/m1/s1. The maximum atomic E-state index is 14.0. The van der Waals surface area contributed by atoms with E-state index in [2.05, 4.69) is 42.7 Å². The van der Waals surface area contributed by atoms with Gasteiger partial charge in [-0.15, -0.1) is 10.2 Å². The Hall–Kier alpha value is -5.24. The van der Waals surface area contributed by atoms with Gasteiger partial charge >= 0.3 is 0 Å².